The molecule has 3 aromatic rings. The zero-order valence-electron chi connectivity index (χ0n) is 23.9. The SMILES string of the molecule is COc1cc(C(C)=O)ccc1NC(=O)C1NC(CC(C)(C)C)C2(C(=O)Nc3cc(Cl)ccc32)C1c1cccc(Cl)c1F. The lowest BCUT2D eigenvalue weighted by atomic mass is 9.62. The zero-order valence-corrected chi connectivity index (χ0v) is 25.4. The maximum absolute atomic E-state index is 15.9. The summed E-state index contributed by atoms with van der Waals surface area (Å²) in [6.07, 6.45) is 0.488. The second-order valence-corrected chi connectivity index (χ2v) is 12.9. The van der Waals surface area contributed by atoms with Crippen molar-refractivity contribution in [2.45, 2.75) is 57.5 Å². The molecule has 0 saturated carbocycles. The molecule has 42 heavy (non-hydrogen) atoms. The highest BCUT2D eigenvalue weighted by Crippen LogP contribution is 2.57. The van der Waals surface area contributed by atoms with Crippen molar-refractivity contribution in [2.75, 3.05) is 17.7 Å². The van der Waals surface area contributed by atoms with Crippen LogP contribution in [-0.4, -0.2) is 36.8 Å². The summed E-state index contributed by atoms with van der Waals surface area (Å²) >= 11 is 12.6. The number of ether oxygens (including phenoxy) is 1. The predicted molar refractivity (Wildman–Crippen MR) is 162 cm³/mol. The van der Waals surface area contributed by atoms with Gasteiger partial charge in [-0.1, -0.05) is 62.2 Å². The van der Waals surface area contributed by atoms with Gasteiger partial charge in [-0.25, -0.2) is 4.39 Å². The molecule has 2 aliphatic rings. The lowest BCUT2D eigenvalue weighted by molar-refractivity contribution is -0.122. The van der Waals surface area contributed by atoms with Crippen molar-refractivity contribution in [3.63, 3.8) is 0 Å². The summed E-state index contributed by atoms with van der Waals surface area (Å²) in [5.74, 6) is -2.41. The van der Waals surface area contributed by atoms with Gasteiger partial charge in [0.05, 0.1) is 23.9 Å². The van der Waals surface area contributed by atoms with Crippen molar-refractivity contribution in [2.24, 2.45) is 5.41 Å². The van der Waals surface area contributed by atoms with Crippen molar-refractivity contribution in [3.05, 3.63) is 87.2 Å². The molecular weight excluding hydrogens is 580 g/mol. The lowest BCUT2D eigenvalue weighted by Crippen LogP contribution is -2.49. The van der Waals surface area contributed by atoms with Crippen LogP contribution in [0.5, 0.6) is 5.75 Å². The number of nitrogens with one attached hydrogen (secondary N) is 3. The van der Waals surface area contributed by atoms with E-state index in [1.54, 1.807) is 48.5 Å². The molecule has 4 unspecified atom stereocenters. The molecule has 7 nitrogen and oxygen atoms in total. The largest absolute Gasteiger partial charge is 0.495 e. The Labute approximate surface area is 254 Å². The fourth-order valence-electron chi connectivity index (χ4n) is 6.38. The van der Waals surface area contributed by atoms with E-state index in [0.29, 0.717) is 39.7 Å². The zero-order chi connectivity index (χ0) is 30.6. The number of rotatable bonds is 6. The number of amides is 2. The molecule has 5 rings (SSSR count). The summed E-state index contributed by atoms with van der Waals surface area (Å²) in [5.41, 5.74) is 0.395. The average Bonchev–Trinajstić information content (AvgIpc) is 3.39. The van der Waals surface area contributed by atoms with E-state index in [1.165, 1.54) is 20.1 Å². The van der Waals surface area contributed by atoms with Gasteiger partial charge in [0.15, 0.2) is 5.78 Å². The van der Waals surface area contributed by atoms with Crippen molar-refractivity contribution < 1.29 is 23.5 Å². The van der Waals surface area contributed by atoms with E-state index in [0.717, 1.165) is 0 Å². The fraction of sp³-hybridized carbons (Fsp3) is 0.344. The van der Waals surface area contributed by atoms with Crippen molar-refractivity contribution >= 4 is 52.2 Å². The number of hydrogen-bond donors (Lipinski definition) is 3. The standard InChI is InChI=1S/C32H32Cl2FN3O4/c1-16(39)17-9-12-22(24(13-17)42-5)36-29(40)28-26(19-7-6-8-21(34)27(19)35)32(25(38-28)15-31(2,3)4)20-11-10-18(33)14-23(20)37-30(32)41/h6-14,25-26,28,38H,15H2,1-5H3,(H,36,40)(H,37,41). The van der Waals surface area contributed by atoms with E-state index < -0.39 is 35.1 Å². The molecule has 0 aliphatic carbocycles. The number of ketones is 1. The summed E-state index contributed by atoms with van der Waals surface area (Å²) in [6.45, 7) is 7.57. The summed E-state index contributed by atoms with van der Waals surface area (Å²) < 4.78 is 21.4. The van der Waals surface area contributed by atoms with Crippen molar-refractivity contribution in [3.8, 4) is 5.75 Å². The highest BCUT2D eigenvalue weighted by Gasteiger charge is 2.66. The van der Waals surface area contributed by atoms with E-state index in [-0.39, 0.29) is 27.7 Å². The highest BCUT2D eigenvalue weighted by atomic mass is 35.5. The molecule has 2 heterocycles. The summed E-state index contributed by atoms with van der Waals surface area (Å²) in [5, 5.41) is 9.62. The number of halogens is 3. The van der Waals surface area contributed by atoms with E-state index in [1.807, 2.05) is 20.8 Å². The van der Waals surface area contributed by atoms with Crippen LogP contribution >= 0.6 is 23.2 Å². The lowest BCUT2D eigenvalue weighted by Gasteiger charge is -2.37. The van der Waals surface area contributed by atoms with Gasteiger partial charge >= 0.3 is 0 Å². The monoisotopic (exact) mass is 611 g/mol. The van der Waals surface area contributed by atoms with Gasteiger partial charge in [-0.3, -0.25) is 14.4 Å². The Morgan fingerprint density at radius 3 is 2.50 bits per heavy atom. The number of fused-ring (bicyclic) bond motifs is 2. The van der Waals surface area contributed by atoms with Crippen LogP contribution in [0.25, 0.3) is 0 Å². The second kappa shape index (κ2) is 11.0. The Bertz CT molecular complexity index is 1610. The number of methoxy groups -OCH3 is 1. The molecule has 1 saturated heterocycles. The van der Waals surface area contributed by atoms with Crippen LogP contribution in [0, 0.1) is 11.2 Å². The van der Waals surface area contributed by atoms with Gasteiger partial charge in [-0.15, -0.1) is 0 Å². The van der Waals surface area contributed by atoms with Crippen LogP contribution in [0.2, 0.25) is 10.0 Å². The second-order valence-electron chi connectivity index (χ2n) is 12.1. The molecule has 220 valence electrons. The summed E-state index contributed by atoms with van der Waals surface area (Å²) in [4.78, 5) is 40.4. The molecule has 2 aliphatic heterocycles. The predicted octanol–water partition coefficient (Wildman–Crippen LogP) is 6.73. The van der Waals surface area contributed by atoms with Crippen LogP contribution in [0.3, 0.4) is 0 Å². The van der Waals surface area contributed by atoms with E-state index in [9.17, 15) is 14.4 Å². The maximum Gasteiger partial charge on any atom is 0.242 e. The molecule has 3 aromatic carbocycles. The molecule has 1 spiro atoms. The number of Topliss-reactive ketones (excluding diaryl/α,β-unsaturated/α-hetero) is 1. The van der Waals surface area contributed by atoms with Crippen LogP contribution in [0.1, 0.15) is 61.5 Å². The Morgan fingerprint density at radius 2 is 1.83 bits per heavy atom. The number of carbonyl (C=O) groups is 3. The van der Waals surface area contributed by atoms with Gasteiger partial charge in [0.2, 0.25) is 11.8 Å². The summed E-state index contributed by atoms with van der Waals surface area (Å²) in [7, 11) is 1.44. The van der Waals surface area contributed by atoms with Gasteiger partial charge in [0, 0.05) is 28.2 Å². The van der Waals surface area contributed by atoms with Crippen molar-refractivity contribution in [1.29, 1.82) is 0 Å². The minimum absolute atomic E-state index is 0.114. The highest BCUT2D eigenvalue weighted by molar-refractivity contribution is 6.31. The number of hydrogen-bond acceptors (Lipinski definition) is 5. The molecule has 4 atom stereocenters. The van der Waals surface area contributed by atoms with Crippen LogP contribution in [-0.2, 0) is 15.0 Å². The normalized spacial score (nSPS) is 23.0. The molecule has 2 amide bonds. The first-order valence-corrected chi connectivity index (χ1v) is 14.3. The molecule has 10 heteroatoms. The number of benzene rings is 3. The Kier molecular flexibility index (Phi) is 7.85. The van der Waals surface area contributed by atoms with E-state index in [2.05, 4.69) is 16.0 Å². The van der Waals surface area contributed by atoms with Crippen LogP contribution in [0.4, 0.5) is 15.8 Å². The third-order valence-electron chi connectivity index (χ3n) is 8.09. The van der Waals surface area contributed by atoms with Gasteiger partial charge in [0.1, 0.15) is 17.0 Å². The maximum atomic E-state index is 15.9. The minimum atomic E-state index is -1.37. The smallest absolute Gasteiger partial charge is 0.242 e. The molecule has 0 aromatic heterocycles. The minimum Gasteiger partial charge on any atom is -0.495 e. The third-order valence-corrected chi connectivity index (χ3v) is 8.61. The number of anilines is 2. The Balaban J connectivity index is 1.70. The topological polar surface area (TPSA) is 96.5 Å². The van der Waals surface area contributed by atoms with Crippen LogP contribution in [0.15, 0.2) is 54.6 Å². The quantitative estimate of drug-likeness (QED) is 0.268. The first kappa shape index (κ1) is 30.0. The van der Waals surface area contributed by atoms with Crippen molar-refractivity contribution in [1.82, 2.24) is 5.32 Å². The van der Waals surface area contributed by atoms with Gasteiger partial charge in [0.25, 0.3) is 0 Å². The average molecular weight is 613 g/mol. The Morgan fingerprint density at radius 1 is 1.10 bits per heavy atom. The molecule has 3 N–H and O–H groups in total. The molecule has 0 bridgehead atoms. The molecule has 1 fully saturated rings. The number of carbonyl (C=O) groups excluding carboxylic acids is 3. The van der Waals surface area contributed by atoms with Gasteiger partial charge < -0.3 is 20.7 Å². The molecule has 0 radical (unpaired) electrons. The van der Waals surface area contributed by atoms with E-state index in [4.69, 9.17) is 27.9 Å². The molecular formula is C32H32Cl2FN3O4. The van der Waals surface area contributed by atoms with Crippen LogP contribution < -0.4 is 20.7 Å². The Hall–Kier alpha value is -3.46. The summed E-state index contributed by atoms with van der Waals surface area (Å²) in [6, 6.07) is 12.8. The first-order valence-electron chi connectivity index (χ1n) is 13.6. The third kappa shape index (κ3) is 5.06. The first-order chi connectivity index (χ1) is 19.8. The van der Waals surface area contributed by atoms with Gasteiger partial charge in [-0.05, 0) is 66.3 Å². The fourth-order valence-corrected chi connectivity index (χ4v) is 6.73. The van der Waals surface area contributed by atoms with Gasteiger partial charge in [-0.2, -0.15) is 0 Å². The van der Waals surface area contributed by atoms with E-state index >= 15 is 4.39 Å².